The standard InChI is InChI=1S/C17H23N5/c1-22(11-13-7-3-2-4-8-13)17-15(18)16(19-12-20-17)21-14-9-5-6-10-14/h2-4,7-8,12,14H,5-6,9-11,18H2,1H3,(H,19,20,21). The van der Waals surface area contributed by atoms with Gasteiger partial charge in [0.15, 0.2) is 11.6 Å². The third kappa shape index (κ3) is 3.30. The zero-order valence-electron chi connectivity index (χ0n) is 13.0. The summed E-state index contributed by atoms with van der Waals surface area (Å²) in [5, 5.41) is 3.47. The first kappa shape index (κ1) is 14.6. The van der Waals surface area contributed by atoms with E-state index in [1.165, 1.54) is 31.2 Å². The zero-order valence-corrected chi connectivity index (χ0v) is 13.0. The number of benzene rings is 1. The molecule has 1 aromatic heterocycles. The van der Waals surface area contributed by atoms with E-state index in [1.54, 1.807) is 6.33 Å². The van der Waals surface area contributed by atoms with Crippen LogP contribution >= 0.6 is 0 Å². The van der Waals surface area contributed by atoms with Crippen molar-refractivity contribution in [3.05, 3.63) is 42.2 Å². The molecular formula is C17H23N5. The van der Waals surface area contributed by atoms with E-state index in [9.17, 15) is 0 Å². The molecule has 3 N–H and O–H groups in total. The third-order valence-corrected chi connectivity index (χ3v) is 4.18. The van der Waals surface area contributed by atoms with Gasteiger partial charge in [0.25, 0.3) is 0 Å². The maximum Gasteiger partial charge on any atom is 0.157 e. The molecule has 22 heavy (non-hydrogen) atoms. The highest BCUT2D eigenvalue weighted by Gasteiger charge is 2.18. The fraction of sp³-hybridized carbons (Fsp3) is 0.412. The quantitative estimate of drug-likeness (QED) is 0.888. The number of aromatic nitrogens is 2. The molecule has 1 saturated carbocycles. The SMILES string of the molecule is CN(Cc1ccccc1)c1ncnc(NC2CCCC2)c1N. The first-order chi connectivity index (χ1) is 10.7. The second-order valence-electron chi connectivity index (χ2n) is 5.93. The molecule has 0 saturated heterocycles. The first-order valence-corrected chi connectivity index (χ1v) is 7.86. The van der Waals surface area contributed by atoms with E-state index in [0.717, 1.165) is 18.2 Å². The highest BCUT2D eigenvalue weighted by atomic mass is 15.2. The van der Waals surface area contributed by atoms with Crippen LogP contribution in [0.4, 0.5) is 17.3 Å². The van der Waals surface area contributed by atoms with E-state index in [4.69, 9.17) is 5.73 Å². The van der Waals surface area contributed by atoms with Crippen molar-refractivity contribution in [2.45, 2.75) is 38.3 Å². The van der Waals surface area contributed by atoms with Crippen molar-refractivity contribution in [2.75, 3.05) is 23.0 Å². The Hall–Kier alpha value is -2.30. The Bertz CT molecular complexity index is 608. The van der Waals surface area contributed by atoms with Crippen LogP contribution in [0.1, 0.15) is 31.2 Å². The van der Waals surface area contributed by atoms with E-state index < -0.39 is 0 Å². The minimum Gasteiger partial charge on any atom is -0.393 e. The summed E-state index contributed by atoms with van der Waals surface area (Å²) in [6.07, 6.45) is 6.54. The van der Waals surface area contributed by atoms with Crippen LogP contribution in [0, 0.1) is 0 Å². The van der Waals surface area contributed by atoms with E-state index in [1.807, 2.05) is 25.2 Å². The Kier molecular flexibility index (Phi) is 4.42. The van der Waals surface area contributed by atoms with Gasteiger partial charge in [-0.1, -0.05) is 43.2 Å². The molecule has 1 aliphatic carbocycles. The highest BCUT2D eigenvalue weighted by Crippen LogP contribution is 2.29. The Morgan fingerprint density at radius 2 is 1.91 bits per heavy atom. The van der Waals surface area contributed by atoms with Crippen LogP contribution < -0.4 is 16.0 Å². The number of nitrogens with zero attached hydrogens (tertiary/aromatic N) is 3. The number of nitrogen functional groups attached to an aromatic ring is 1. The fourth-order valence-electron chi connectivity index (χ4n) is 3.00. The Morgan fingerprint density at radius 3 is 2.64 bits per heavy atom. The summed E-state index contributed by atoms with van der Waals surface area (Å²) in [6.45, 7) is 0.769. The fourth-order valence-corrected chi connectivity index (χ4v) is 3.00. The average molecular weight is 297 g/mol. The lowest BCUT2D eigenvalue weighted by atomic mass is 10.2. The summed E-state index contributed by atoms with van der Waals surface area (Å²) in [7, 11) is 2.01. The van der Waals surface area contributed by atoms with E-state index in [2.05, 4.69) is 32.3 Å². The third-order valence-electron chi connectivity index (χ3n) is 4.18. The maximum absolute atomic E-state index is 6.29. The number of nitrogens with two attached hydrogens (primary N) is 1. The lowest BCUT2D eigenvalue weighted by Gasteiger charge is -2.22. The van der Waals surface area contributed by atoms with E-state index in [0.29, 0.717) is 11.7 Å². The second kappa shape index (κ2) is 6.64. The summed E-state index contributed by atoms with van der Waals surface area (Å²) in [5.74, 6) is 1.54. The molecule has 0 bridgehead atoms. The van der Waals surface area contributed by atoms with Gasteiger partial charge >= 0.3 is 0 Å². The minimum absolute atomic E-state index is 0.490. The number of nitrogens with one attached hydrogen (secondary N) is 1. The molecule has 0 amide bonds. The number of hydrogen-bond acceptors (Lipinski definition) is 5. The summed E-state index contributed by atoms with van der Waals surface area (Å²) >= 11 is 0. The van der Waals surface area contributed by atoms with Crippen molar-refractivity contribution in [1.29, 1.82) is 0 Å². The minimum atomic E-state index is 0.490. The average Bonchev–Trinajstić information content (AvgIpc) is 3.03. The lowest BCUT2D eigenvalue weighted by Crippen LogP contribution is -2.22. The van der Waals surface area contributed by atoms with Gasteiger partial charge in [-0.25, -0.2) is 9.97 Å². The van der Waals surface area contributed by atoms with Crippen LogP contribution in [0.3, 0.4) is 0 Å². The topological polar surface area (TPSA) is 67.1 Å². The summed E-state index contributed by atoms with van der Waals surface area (Å²) in [5.41, 5.74) is 8.15. The van der Waals surface area contributed by atoms with Crippen LogP contribution in [0.15, 0.2) is 36.7 Å². The maximum atomic E-state index is 6.29. The van der Waals surface area contributed by atoms with Crippen LogP contribution in [0.2, 0.25) is 0 Å². The molecule has 5 heteroatoms. The van der Waals surface area contributed by atoms with Crippen LogP contribution in [-0.4, -0.2) is 23.1 Å². The molecule has 5 nitrogen and oxygen atoms in total. The monoisotopic (exact) mass is 297 g/mol. The molecule has 1 aliphatic rings. The Labute approximate surface area is 131 Å². The van der Waals surface area contributed by atoms with Gasteiger partial charge in [-0.05, 0) is 18.4 Å². The van der Waals surface area contributed by atoms with Gasteiger partial charge in [0.2, 0.25) is 0 Å². The normalized spacial score (nSPS) is 15.0. The van der Waals surface area contributed by atoms with Crippen molar-refractivity contribution in [1.82, 2.24) is 9.97 Å². The molecule has 0 radical (unpaired) electrons. The van der Waals surface area contributed by atoms with Crippen molar-refractivity contribution < 1.29 is 0 Å². The predicted molar refractivity (Wildman–Crippen MR) is 90.9 cm³/mol. The lowest BCUT2D eigenvalue weighted by molar-refractivity contribution is 0.749. The molecule has 3 rings (SSSR count). The van der Waals surface area contributed by atoms with Gasteiger partial charge in [0, 0.05) is 19.6 Å². The summed E-state index contributed by atoms with van der Waals surface area (Å²) in [4.78, 5) is 10.7. The van der Waals surface area contributed by atoms with E-state index >= 15 is 0 Å². The molecule has 1 heterocycles. The molecule has 116 valence electrons. The number of anilines is 3. The van der Waals surface area contributed by atoms with Gasteiger partial charge in [0.05, 0.1) is 0 Å². The molecule has 0 atom stereocenters. The molecule has 0 aliphatic heterocycles. The number of rotatable bonds is 5. The van der Waals surface area contributed by atoms with Gasteiger partial charge in [-0.3, -0.25) is 0 Å². The van der Waals surface area contributed by atoms with Crippen molar-refractivity contribution in [3.8, 4) is 0 Å². The second-order valence-corrected chi connectivity index (χ2v) is 5.93. The van der Waals surface area contributed by atoms with Crippen molar-refractivity contribution in [3.63, 3.8) is 0 Å². The van der Waals surface area contributed by atoms with Gasteiger partial charge in [-0.2, -0.15) is 0 Å². The van der Waals surface area contributed by atoms with Gasteiger partial charge in [-0.15, -0.1) is 0 Å². The Balaban J connectivity index is 1.75. The Morgan fingerprint density at radius 1 is 1.18 bits per heavy atom. The first-order valence-electron chi connectivity index (χ1n) is 7.86. The largest absolute Gasteiger partial charge is 0.393 e. The van der Waals surface area contributed by atoms with Crippen LogP contribution in [-0.2, 0) is 6.54 Å². The summed E-state index contributed by atoms with van der Waals surface area (Å²) in [6, 6.07) is 10.8. The molecule has 0 spiro atoms. The van der Waals surface area contributed by atoms with Crippen molar-refractivity contribution in [2.24, 2.45) is 0 Å². The zero-order chi connectivity index (χ0) is 15.4. The van der Waals surface area contributed by atoms with Gasteiger partial charge in [0.1, 0.15) is 12.0 Å². The molecule has 2 aromatic rings. The molecule has 1 fully saturated rings. The van der Waals surface area contributed by atoms with E-state index in [-0.39, 0.29) is 0 Å². The van der Waals surface area contributed by atoms with Crippen molar-refractivity contribution >= 4 is 17.3 Å². The molecule has 0 unspecified atom stereocenters. The molecule has 1 aromatic carbocycles. The smallest absolute Gasteiger partial charge is 0.157 e. The summed E-state index contributed by atoms with van der Waals surface area (Å²) < 4.78 is 0. The van der Waals surface area contributed by atoms with Crippen LogP contribution in [0.5, 0.6) is 0 Å². The number of hydrogen-bond donors (Lipinski definition) is 2. The molecular weight excluding hydrogens is 274 g/mol. The predicted octanol–water partition coefficient (Wildman–Crippen LogP) is 3.05. The van der Waals surface area contributed by atoms with Crippen LogP contribution in [0.25, 0.3) is 0 Å². The highest BCUT2D eigenvalue weighted by molar-refractivity contribution is 5.74. The van der Waals surface area contributed by atoms with Gasteiger partial charge < -0.3 is 16.0 Å².